The van der Waals surface area contributed by atoms with Crippen molar-refractivity contribution in [2.24, 2.45) is 0 Å². The van der Waals surface area contributed by atoms with Gasteiger partial charge in [-0.3, -0.25) is 0 Å². The Morgan fingerprint density at radius 2 is 2.00 bits per heavy atom. The fourth-order valence-corrected chi connectivity index (χ4v) is 1.46. The summed E-state index contributed by atoms with van der Waals surface area (Å²) >= 11 is 11.6. The molecule has 0 fully saturated rings. The molecule has 0 spiro atoms. The first-order valence-electron chi connectivity index (χ1n) is 3.67. The zero-order valence-corrected chi connectivity index (χ0v) is 8.65. The molecule has 1 rings (SSSR count). The molecule has 0 unspecified atom stereocenters. The lowest BCUT2D eigenvalue weighted by atomic mass is 10.2. The highest BCUT2D eigenvalue weighted by Gasteiger charge is 2.03. The molecule has 12 heavy (non-hydrogen) atoms. The van der Waals surface area contributed by atoms with Gasteiger partial charge in [-0.15, -0.1) is 11.6 Å². The first-order chi connectivity index (χ1) is 5.65. The van der Waals surface area contributed by atoms with Crippen LogP contribution in [0.3, 0.4) is 0 Å². The summed E-state index contributed by atoms with van der Waals surface area (Å²) in [6, 6.07) is 5.72. The van der Waals surface area contributed by atoms with Crippen molar-refractivity contribution >= 4 is 28.9 Å². The Hall–Kier alpha value is -0.400. The van der Waals surface area contributed by atoms with Crippen molar-refractivity contribution in [3.63, 3.8) is 0 Å². The highest BCUT2D eigenvalue weighted by atomic mass is 35.5. The van der Waals surface area contributed by atoms with Crippen LogP contribution in [-0.4, -0.2) is 14.1 Å². The summed E-state index contributed by atoms with van der Waals surface area (Å²) in [6.07, 6.45) is 0. The van der Waals surface area contributed by atoms with Gasteiger partial charge in [0.2, 0.25) is 0 Å². The minimum Gasteiger partial charge on any atom is -0.377 e. The van der Waals surface area contributed by atoms with Crippen LogP contribution in [-0.2, 0) is 5.88 Å². The zero-order chi connectivity index (χ0) is 9.14. The number of alkyl halides is 1. The summed E-state index contributed by atoms with van der Waals surface area (Å²) in [5, 5.41) is 0.743. The summed E-state index contributed by atoms with van der Waals surface area (Å²) in [5.74, 6) is 0.519. The van der Waals surface area contributed by atoms with E-state index in [1.807, 2.05) is 37.2 Å². The largest absolute Gasteiger partial charge is 0.377 e. The minimum atomic E-state index is 0.519. The van der Waals surface area contributed by atoms with Gasteiger partial charge < -0.3 is 4.90 Å². The molecule has 0 amide bonds. The molecule has 3 heteroatoms. The van der Waals surface area contributed by atoms with E-state index >= 15 is 0 Å². The highest BCUT2D eigenvalue weighted by Crippen LogP contribution is 2.24. The maximum Gasteiger partial charge on any atom is 0.0494 e. The van der Waals surface area contributed by atoms with Crippen LogP contribution in [0.2, 0.25) is 5.02 Å². The second-order valence-electron chi connectivity index (χ2n) is 2.80. The second kappa shape index (κ2) is 4.01. The van der Waals surface area contributed by atoms with Crippen molar-refractivity contribution in [1.29, 1.82) is 0 Å². The predicted octanol–water partition coefficient (Wildman–Crippen LogP) is 3.14. The van der Waals surface area contributed by atoms with Crippen LogP contribution in [0.1, 0.15) is 5.56 Å². The van der Waals surface area contributed by atoms with Gasteiger partial charge in [0.05, 0.1) is 0 Å². The number of anilines is 1. The molecular weight excluding hydrogens is 193 g/mol. The van der Waals surface area contributed by atoms with E-state index in [0.29, 0.717) is 5.88 Å². The summed E-state index contributed by atoms with van der Waals surface area (Å²) in [6.45, 7) is 0. The molecule has 1 nitrogen and oxygen atoms in total. The molecule has 0 aliphatic carbocycles. The van der Waals surface area contributed by atoms with Gasteiger partial charge in [-0.05, 0) is 17.7 Å². The van der Waals surface area contributed by atoms with Gasteiger partial charge in [-0.2, -0.15) is 0 Å². The molecule has 0 saturated heterocycles. The third-order valence-electron chi connectivity index (χ3n) is 1.67. The van der Waals surface area contributed by atoms with Gasteiger partial charge in [-0.25, -0.2) is 0 Å². The fraction of sp³-hybridized carbons (Fsp3) is 0.333. The molecule has 0 aliphatic heterocycles. The first-order valence-corrected chi connectivity index (χ1v) is 4.58. The van der Waals surface area contributed by atoms with Gasteiger partial charge in [0.25, 0.3) is 0 Å². The van der Waals surface area contributed by atoms with Crippen molar-refractivity contribution in [2.75, 3.05) is 19.0 Å². The number of nitrogens with zero attached hydrogens (tertiary/aromatic N) is 1. The van der Waals surface area contributed by atoms with E-state index in [9.17, 15) is 0 Å². The summed E-state index contributed by atoms with van der Waals surface area (Å²) in [7, 11) is 3.95. The van der Waals surface area contributed by atoms with Gasteiger partial charge in [0, 0.05) is 30.7 Å². The average molecular weight is 204 g/mol. The maximum absolute atomic E-state index is 5.85. The number of hydrogen-bond donors (Lipinski definition) is 0. The summed E-state index contributed by atoms with van der Waals surface area (Å²) in [5.41, 5.74) is 2.18. The van der Waals surface area contributed by atoms with E-state index in [2.05, 4.69) is 0 Å². The molecule has 1 aromatic carbocycles. The molecule has 0 heterocycles. The quantitative estimate of drug-likeness (QED) is 0.669. The average Bonchev–Trinajstić information content (AvgIpc) is 2.04. The zero-order valence-electron chi connectivity index (χ0n) is 7.14. The molecule has 0 atom stereocenters. The fourth-order valence-electron chi connectivity index (χ4n) is 1.07. The molecule has 0 saturated carbocycles. The van der Waals surface area contributed by atoms with E-state index in [4.69, 9.17) is 23.2 Å². The lowest BCUT2D eigenvalue weighted by molar-refractivity contribution is 1.11. The Morgan fingerprint density at radius 3 is 2.50 bits per heavy atom. The SMILES string of the molecule is CN(C)c1cc(Cl)ccc1CCl. The smallest absolute Gasteiger partial charge is 0.0494 e. The van der Waals surface area contributed by atoms with Crippen LogP contribution >= 0.6 is 23.2 Å². The lowest BCUT2D eigenvalue weighted by Crippen LogP contribution is -2.10. The van der Waals surface area contributed by atoms with Crippen molar-refractivity contribution in [3.8, 4) is 0 Å². The summed E-state index contributed by atoms with van der Waals surface area (Å²) in [4.78, 5) is 2.00. The maximum atomic E-state index is 5.85. The Balaban J connectivity index is 3.12. The van der Waals surface area contributed by atoms with Crippen LogP contribution in [0.25, 0.3) is 0 Å². The van der Waals surface area contributed by atoms with Crippen molar-refractivity contribution in [1.82, 2.24) is 0 Å². The van der Waals surface area contributed by atoms with Crippen molar-refractivity contribution in [3.05, 3.63) is 28.8 Å². The van der Waals surface area contributed by atoms with E-state index in [0.717, 1.165) is 16.3 Å². The van der Waals surface area contributed by atoms with Crippen LogP contribution in [0.4, 0.5) is 5.69 Å². The minimum absolute atomic E-state index is 0.519. The van der Waals surface area contributed by atoms with E-state index in [1.54, 1.807) is 0 Å². The number of benzene rings is 1. The molecular formula is C9H11Cl2N. The number of halogens is 2. The van der Waals surface area contributed by atoms with Gasteiger partial charge >= 0.3 is 0 Å². The molecule has 0 aromatic heterocycles. The van der Waals surface area contributed by atoms with E-state index in [1.165, 1.54) is 0 Å². The molecule has 0 bridgehead atoms. The number of hydrogen-bond acceptors (Lipinski definition) is 1. The predicted molar refractivity (Wildman–Crippen MR) is 55.3 cm³/mol. The Labute approximate surface area is 82.9 Å². The topological polar surface area (TPSA) is 3.24 Å². The third kappa shape index (κ3) is 2.05. The van der Waals surface area contributed by atoms with Gasteiger partial charge in [0.15, 0.2) is 0 Å². The number of rotatable bonds is 2. The third-order valence-corrected chi connectivity index (χ3v) is 2.20. The standard InChI is InChI=1S/C9H11Cl2N/c1-12(2)9-5-8(11)4-3-7(9)6-10/h3-5H,6H2,1-2H3. The highest BCUT2D eigenvalue weighted by molar-refractivity contribution is 6.31. The van der Waals surface area contributed by atoms with Crippen LogP contribution in [0.15, 0.2) is 18.2 Å². The van der Waals surface area contributed by atoms with Crippen molar-refractivity contribution in [2.45, 2.75) is 5.88 Å². The second-order valence-corrected chi connectivity index (χ2v) is 3.50. The monoisotopic (exact) mass is 203 g/mol. The van der Waals surface area contributed by atoms with Crippen LogP contribution in [0, 0.1) is 0 Å². The molecule has 0 N–H and O–H groups in total. The van der Waals surface area contributed by atoms with Gasteiger partial charge in [-0.1, -0.05) is 17.7 Å². The van der Waals surface area contributed by atoms with Crippen LogP contribution in [0.5, 0.6) is 0 Å². The Kier molecular flexibility index (Phi) is 3.24. The Morgan fingerprint density at radius 1 is 1.33 bits per heavy atom. The van der Waals surface area contributed by atoms with E-state index < -0.39 is 0 Å². The first kappa shape index (κ1) is 9.69. The molecule has 0 radical (unpaired) electrons. The summed E-state index contributed by atoms with van der Waals surface area (Å²) < 4.78 is 0. The molecule has 1 aromatic rings. The molecule has 66 valence electrons. The Bertz CT molecular complexity index is 271. The van der Waals surface area contributed by atoms with Gasteiger partial charge in [0.1, 0.15) is 0 Å². The van der Waals surface area contributed by atoms with Crippen LogP contribution < -0.4 is 4.90 Å². The normalized spacial score (nSPS) is 10.0. The van der Waals surface area contributed by atoms with E-state index in [-0.39, 0.29) is 0 Å². The van der Waals surface area contributed by atoms with Crippen molar-refractivity contribution < 1.29 is 0 Å². The molecule has 0 aliphatic rings. The lowest BCUT2D eigenvalue weighted by Gasteiger charge is -2.16.